The summed E-state index contributed by atoms with van der Waals surface area (Å²) in [6.07, 6.45) is 0. The second-order valence-corrected chi connectivity index (χ2v) is 4.58. The SMILES string of the molecule is CCOc1ccc(NC(=O)c2ccc(Cl)cc2)cc1N. The predicted octanol–water partition coefficient (Wildman–Crippen LogP) is 3.57. The molecule has 0 unspecified atom stereocenters. The maximum atomic E-state index is 12.0. The standard InChI is InChI=1S/C15H15ClN2O2/c1-2-20-14-8-7-12(9-13(14)17)18-15(19)10-3-5-11(16)6-4-10/h3-9H,2,17H2,1H3,(H,18,19). The van der Waals surface area contributed by atoms with Crippen LogP contribution in [0.15, 0.2) is 42.5 Å². The van der Waals surface area contributed by atoms with Crippen LogP contribution in [0.3, 0.4) is 0 Å². The van der Waals surface area contributed by atoms with E-state index in [0.29, 0.717) is 34.3 Å². The van der Waals surface area contributed by atoms with Crippen LogP contribution in [-0.2, 0) is 0 Å². The van der Waals surface area contributed by atoms with E-state index in [1.54, 1.807) is 42.5 Å². The zero-order valence-corrected chi connectivity index (χ0v) is 11.8. The number of halogens is 1. The van der Waals surface area contributed by atoms with Crippen LogP contribution in [0, 0.1) is 0 Å². The van der Waals surface area contributed by atoms with Gasteiger partial charge >= 0.3 is 0 Å². The molecule has 2 rings (SSSR count). The third kappa shape index (κ3) is 3.42. The van der Waals surface area contributed by atoms with Gasteiger partial charge in [0.15, 0.2) is 0 Å². The van der Waals surface area contributed by atoms with E-state index in [2.05, 4.69) is 5.32 Å². The molecule has 0 atom stereocenters. The average Bonchev–Trinajstić information content (AvgIpc) is 2.42. The van der Waals surface area contributed by atoms with Crippen molar-refractivity contribution in [3.63, 3.8) is 0 Å². The summed E-state index contributed by atoms with van der Waals surface area (Å²) in [4.78, 5) is 12.0. The number of benzene rings is 2. The fraction of sp³-hybridized carbons (Fsp3) is 0.133. The smallest absolute Gasteiger partial charge is 0.255 e. The number of ether oxygens (including phenoxy) is 1. The van der Waals surface area contributed by atoms with Crippen LogP contribution in [0.25, 0.3) is 0 Å². The highest BCUT2D eigenvalue weighted by molar-refractivity contribution is 6.30. The first-order valence-electron chi connectivity index (χ1n) is 6.19. The molecule has 0 saturated heterocycles. The summed E-state index contributed by atoms with van der Waals surface area (Å²) in [5.41, 5.74) is 7.48. The minimum atomic E-state index is -0.217. The van der Waals surface area contributed by atoms with Crippen molar-refractivity contribution in [2.24, 2.45) is 0 Å². The maximum Gasteiger partial charge on any atom is 0.255 e. The number of rotatable bonds is 4. The van der Waals surface area contributed by atoms with E-state index in [1.165, 1.54) is 0 Å². The number of nitrogens with two attached hydrogens (primary N) is 1. The first-order chi connectivity index (χ1) is 9.60. The number of carbonyl (C=O) groups excluding carboxylic acids is 1. The van der Waals surface area contributed by atoms with Gasteiger partial charge in [-0.3, -0.25) is 4.79 Å². The van der Waals surface area contributed by atoms with Crippen molar-refractivity contribution in [3.05, 3.63) is 53.1 Å². The molecule has 0 spiro atoms. The van der Waals surface area contributed by atoms with Gasteiger partial charge < -0.3 is 15.8 Å². The second-order valence-electron chi connectivity index (χ2n) is 4.15. The van der Waals surface area contributed by atoms with E-state index >= 15 is 0 Å². The van der Waals surface area contributed by atoms with E-state index < -0.39 is 0 Å². The molecule has 4 nitrogen and oxygen atoms in total. The van der Waals surface area contributed by atoms with Crippen molar-refractivity contribution in [2.75, 3.05) is 17.7 Å². The van der Waals surface area contributed by atoms with Gasteiger partial charge in [0, 0.05) is 16.3 Å². The number of hydrogen-bond acceptors (Lipinski definition) is 3. The van der Waals surface area contributed by atoms with Gasteiger partial charge in [0.05, 0.1) is 12.3 Å². The van der Waals surface area contributed by atoms with Gasteiger partial charge in [-0.05, 0) is 49.4 Å². The fourth-order valence-corrected chi connectivity index (χ4v) is 1.84. The highest BCUT2D eigenvalue weighted by Crippen LogP contribution is 2.25. The molecule has 20 heavy (non-hydrogen) atoms. The molecule has 5 heteroatoms. The zero-order chi connectivity index (χ0) is 14.5. The molecule has 0 radical (unpaired) electrons. The van der Waals surface area contributed by atoms with Crippen LogP contribution >= 0.6 is 11.6 Å². The molecule has 104 valence electrons. The van der Waals surface area contributed by atoms with Crippen molar-refractivity contribution in [1.29, 1.82) is 0 Å². The third-order valence-corrected chi connectivity index (χ3v) is 2.93. The van der Waals surface area contributed by atoms with Crippen LogP contribution in [-0.4, -0.2) is 12.5 Å². The van der Waals surface area contributed by atoms with Crippen LogP contribution < -0.4 is 15.8 Å². The topological polar surface area (TPSA) is 64.3 Å². The van der Waals surface area contributed by atoms with Gasteiger partial charge in [0.25, 0.3) is 5.91 Å². The first-order valence-corrected chi connectivity index (χ1v) is 6.57. The molecule has 1 amide bonds. The lowest BCUT2D eigenvalue weighted by molar-refractivity contribution is 0.102. The van der Waals surface area contributed by atoms with E-state index in [1.807, 2.05) is 6.92 Å². The average molecular weight is 291 g/mol. The first kappa shape index (κ1) is 14.2. The van der Waals surface area contributed by atoms with Crippen molar-refractivity contribution >= 4 is 28.9 Å². The van der Waals surface area contributed by atoms with Crippen molar-refractivity contribution in [2.45, 2.75) is 6.92 Å². The Balaban J connectivity index is 2.11. The molecule has 0 aliphatic carbocycles. The summed E-state index contributed by atoms with van der Waals surface area (Å²) in [6.45, 7) is 2.43. The molecular formula is C15H15ClN2O2. The van der Waals surface area contributed by atoms with Gasteiger partial charge in [-0.1, -0.05) is 11.6 Å². The number of anilines is 2. The maximum absolute atomic E-state index is 12.0. The summed E-state index contributed by atoms with van der Waals surface area (Å²) in [5.74, 6) is 0.391. The van der Waals surface area contributed by atoms with Crippen LogP contribution in [0.2, 0.25) is 5.02 Å². The lowest BCUT2D eigenvalue weighted by Gasteiger charge is -2.10. The Morgan fingerprint density at radius 3 is 2.55 bits per heavy atom. The molecule has 2 aromatic rings. The van der Waals surface area contributed by atoms with Crippen molar-refractivity contribution in [3.8, 4) is 5.75 Å². The Labute approximate surface area is 122 Å². The number of amides is 1. The van der Waals surface area contributed by atoms with E-state index in [0.717, 1.165) is 0 Å². The summed E-state index contributed by atoms with van der Waals surface area (Å²) >= 11 is 5.78. The molecule has 0 aliphatic rings. The summed E-state index contributed by atoms with van der Waals surface area (Å²) < 4.78 is 5.34. The molecule has 3 N–H and O–H groups in total. The third-order valence-electron chi connectivity index (χ3n) is 2.67. The number of carbonyl (C=O) groups is 1. The molecule has 2 aromatic carbocycles. The van der Waals surface area contributed by atoms with Crippen LogP contribution in [0.5, 0.6) is 5.75 Å². The Hall–Kier alpha value is -2.20. The van der Waals surface area contributed by atoms with Gasteiger partial charge in [-0.15, -0.1) is 0 Å². The molecule has 0 aromatic heterocycles. The minimum Gasteiger partial charge on any atom is -0.492 e. The monoisotopic (exact) mass is 290 g/mol. The van der Waals surface area contributed by atoms with Gasteiger partial charge in [-0.25, -0.2) is 0 Å². The van der Waals surface area contributed by atoms with E-state index in [4.69, 9.17) is 22.1 Å². The van der Waals surface area contributed by atoms with E-state index in [9.17, 15) is 4.79 Å². The fourth-order valence-electron chi connectivity index (χ4n) is 1.72. The highest BCUT2D eigenvalue weighted by atomic mass is 35.5. The van der Waals surface area contributed by atoms with Crippen molar-refractivity contribution in [1.82, 2.24) is 0 Å². The lowest BCUT2D eigenvalue weighted by atomic mass is 10.2. The molecule has 0 bridgehead atoms. The lowest BCUT2D eigenvalue weighted by Crippen LogP contribution is -2.12. The normalized spacial score (nSPS) is 10.1. The Bertz CT molecular complexity index is 612. The van der Waals surface area contributed by atoms with Crippen LogP contribution in [0.4, 0.5) is 11.4 Å². The zero-order valence-electron chi connectivity index (χ0n) is 11.0. The summed E-state index contributed by atoms with van der Waals surface area (Å²) in [7, 11) is 0. The largest absolute Gasteiger partial charge is 0.492 e. The molecule has 0 aliphatic heterocycles. The van der Waals surface area contributed by atoms with Crippen LogP contribution in [0.1, 0.15) is 17.3 Å². The van der Waals surface area contributed by atoms with Gasteiger partial charge in [-0.2, -0.15) is 0 Å². The predicted molar refractivity (Wildman–Crippen MR) is 81.4 cm³/mol. The molecular weight excluding hydrogens is 276 g/mol. The summed E-state index contributed by atoms with van der Waals surface area (Å²) in [5, 5.41) is 3.36. The number of hydrogen-bond donors (Lipinski definition) is 2. The molecule has 0 heterocycles. The highest BCUT2D eigenvalue weighted by Gasteiger charge is 2.07. The second kappa shape index (κ2) is 6.30. The van der Waals surface area contributed by atoms with Crippen molar-refractivity contribution < 1.29 is 9.53 Å². The Kier molecular flexibility index (Phi) is 4.48. The quantitative estimate of drug-likeness (QED) is 0.846. The minimum absolute atomic E-state index is 0.217. The summed E-state index contributed by atoms with van der Waals surface area (Å²) in [6, 6.07) is 11.8. The molecule has 0 fully saturated rings. The molecule has 0 saturated carbocycles. The Morgan fingerprint density at radius 2 is 1.95 bits per heavy atom. The van der Waals surface area contributed by atoms with Gasteiger partial charge in [0.1, 0.15) is 5.75 Å². The number of nitrogens with one attached hydrogen (secondary N) is 1. The van der Waals surface area contributed by atoms with E-state index in [-0.39, 0.29) is 5.91 Å². The van der Waals surface area contributed by atoms with Gasteiger partial charge in [0.2, 0.25) is 0 Å². The Morgan fingerprint density at radius 1 is 1.25 bits per heavy atom. The number of nitrogen functional groups attached to an aromatic ring is 1.